The second-order valence-electron chi connectivity index (χ2n) is 8.64. The molecule has 154 valence electrons. The molecule has 1 fully saturated rings. The average Bonchev–Trinajstić information content (AvgIpc) is 2.57. The predicted molar refractivity (Wildman–Crippen MR) is 105 cm³/mol. The first-order valence-electron chi connectivity index (χ1n) is 9.51. The highest BCUT2D eigenvalue weighted by Crippen LogP contribution is 2.38. The lowest BCUT2D eigenvalue weighted by Crippen LogP contribution is -2.63. The summed E-state index contributed by atoms with van der Waals surface area (Å²) in [5, 5.41) is 20.7. The number of hydrogen-bond donors (Lipinski definition) is 2. The normalized spacial score (nSPS) is 21.0. The third-order valence-electron chi connectivity index (χ3n) is 5.38. The van der Waals surface area contributed by atoms with E-state index in [2.05, 4.69) is 32.6 Å². The maximum atomic E-state index is 10.6. The molecule has 1 atom stereocenters. The topological polar surface area (TPSA) is 71.4 Å². The van der Waals surface area contributed by atoms with Crippen LogP contribution in [0.2, 0.25) is 0 Å². The van der Waals surface area contributed by atoms with Crippen LogP contribution in [0.1, 0.15) is 46.1 Å². The molecule has 6 heteroatoms. The first-order valence-corrected chi connectivity index (χ1v) is 9.51. The molecule has 1 aliphatic heterocycles. The zero-order chi connectivity index (χ0) is 20.2. The maximum Gasteiger partial charge on any atom is 0.124 e. The first kappa shape index (κ1) is 22.0. The summed E-state index contributed by atoms with van der Waals surface area (Å²) in [4.78, 5) is 2.28. The fourth-order valence-corrected chi connectivity index (χ4v) is 4.32. The molecule has 0 spiro atoms. The summed E-state index contributed by atoms with van der Waals surface area (Å²) in [6.07, 6.45) is 0.478. The maximum absolute atomic E-state index is 10.6. The van der Waals surface area contributed by atoms with Crippen LogP contribution in [0.3, 0.4) is 0 Å². The molecule has 1 aromatic rings. The summed E-state index contributed by atoms with van der Waals surface area (Å²) >= 11 is 0. The van der Waals surface area contributed by atoms with Gasteiger partial charge in [0, 0.05) is 23.2 Å². The van der Waals surface area contributed by atoms with Gasteiger partial charge >= 0.3 is 0 Å². The molecule has 2 N–H and O–H groups in total. The van der Waals surface area contributed by atoms with Crippen molar-refractivity contribution in [2.45, 2.75) is 70.4 Å². The summed E-state index contributed by atoms with van der Waals surface area (Å²) in [7, 11) is 3.24. The Kier molecular flexibility index (Phi) is 7.14. The number of β-amino-alcohol motifs (C(OH)–C–C–N with tert-alkyl or cyclic N) is 1. The van der Waals surface area contributed by atoms with Crippen LogP contribution < -0.4 is 9.47 Å². The lowest BCUT2D eigenvalue weighted by Gasteiger charge is -2.55. The van der Waals surface area contributed by atoms with Crippen molar-refractivity contribution in [1.82, 2.24) is 4.90 Å². The highest BCUT2D eigenvalue weighted by molar-refractivity contribution is 5.39. The van der Waals surface area contributed by atoms with Crippen molar-refractivity contribution in [1.29, 1.82) is 0 Å². The van der Waals surface area contributed by atoms with Gasteiger partial charge in [-0.3, -0.25) is 4.90 Å². The van der Waals surface area contributed by atoms with Gasteiger partial charge in [0.2, 0.25) is 0 Å². The molecule has 1 heterocycles. The van der Waals surface area contributed by atoms with E-state index in [0.717, 1.165) is 17.1 Å². The van der Waals surface area contributed by atoms with Gasteiger partial charge in [-0.1, -0.05) is 0 Å². The highest BCUT2D eigenvalue weighted by Gasteiger charge is 2.45. The molecule has 27 heavy (non-hydrogen) atoms. The quantitative estimate of drug-likeness (QED) is 0.721. The van der Waals surface area contributed by atoms with Gasteiger partial charge < -0.3 is 24.4 Å². The van der Waals surface area contributed by atoms with E-state index in [0.29, 0.717) is 26.0 Å². The SMILES string of the molecule is COc1ccc(OC)c(COC[C@H](O)CN2C(C)(C)CC(O)CC2(C)C)c1. The number of aliphatic hydroxyl groups excluding tert-OH is 2. The van der Waals surface area contributed by atoms with E-state index >= 15 is 0 Å². The van der Waals surface area contributed by atoms with Crippen molar-refractivity contribution in [3.8, 4) is 11.5 Å². The fraction of sp³-hybridized carbons (Fsp3) is 0.714. The first-order chi connectivity index (χ1) is 12.6. The Hall–Kier alpha value is -1.34. The third-order valence-corrected chi connectivity index (χ3v) is 5.38. The van der Waals surface area contributed by atoms with Gasteiger partial charge in [-0.05, 0) is 58.7 Å². The minimum Gasteiger partial charge on any atom is -0.497 e. The van der Waals surface area contributed by atoms with Gasteiger partial charge in [-0.2, -0.15) is 0 Å². The molecular weight excluding hydrogens is 346 g/mol. The molecule has 0 unspecified atom stereocenters. The Labute approximate surface area is 163 Å². The van der Waals surface area contributed by atoms with Crippen molar-refractivity contribution < 1.29 is 24.4 Å². The van der Waals surface area contributed by atoms with Crippen LogP contribution in [0.5, 0.6) is 11.5 Å². The summed E-state index contributed by atoms with van der Waals surface area (Å²) in [5.74, 6) is 1.47. The monoisotopic (exact) mass is 381 g/mol. The number of piperidine rings is 1. The van der Waals surface area contributed by atoms with Crippen molar-refractivity contribution >= 4 is 0 Å². The standard InChI is InChI=1S/C21H35NO5/c1-20(2)10-16(23)11-21(3,4)22(20)12-17(24)14-27-13-15-9-18(25-5)7-8-19(15)26-6/h7-9,16-17,23-24H,10-14H2,1-6H3/t17-/m1/s1. The molecule has 0 amide bonds. The van der Waals surface area contributed by atoms with Crippen LogP contribution in [-0.4, -0.2) is 65.8 Å². The Morgan fingerprint density at radius 2 is 1.74 bits per heavy atom. The molecule has 0 aliphatic carbocycles. The Bertz CT molecular complexity index is 599. The third kappa shape index (κ3) is 5.57. The van der Waals surface area contributed by atoms with Crippen molar-refractivity contribution in [2.24, 2.45) is 0 Å². The smallest absolute Gasteiger partial charge is 0.124 e. The van der Waals surface area contributed by atoms with Crippen molar-refractivity contribution in [3.05, 3.63) is 23.8 Å². The van der Waals surface area contributed by atoms with Crippen molar-refractivity contribution in [2.75, 3.05) is 27.4 Å². The molecule has 1 aliphatic rings. The molecule has 0 bridgehead atoms. The zero-order valence-electron chi connectivity index (χ0n) is 17.5. The molecule has 1 aromatic carbocycles. The van der Waals surface area contributed by atoms with Crippen molar-refractivity contribution in [3.63, 3.8) is 0 Å². The Morgan fingerprint density at radius 1 is 1.11 bits per heavy atom. The lowest BCUT2D eigenvalue weighted by atomic mass is 9.78. The second kappa shape index (κ2) is 8.78. The van der Waals surface area contributed by atoms with Crippen LogP contribution in [0, 0.1) is 0 Å². The number of ether oxygens (including phenoxy) is 3. The zero-order valence-corrected chi connectivity index (χ0v) is 17.5. The minimum absolute atomic E-state index is 0.182. The predicted octanol–water partition coefficient (Wildman–Crippen LogP) is 2.60. The Morgan fingerprint density at radius 3 is 2.30 bits per heavy atom. The van der Waals surface area contributed by atoms with Gasteiger partial charge in [0.15, 0.2) is 0 Å². The molecule has 0 saturated carbocycles. The molecule has 1 saturated heterocycles. The summed E-state index contributed by atoms with van der Waals surface area (Å²) in [6.45, 7) is 9.53. The largest absolute Gasteiger partial charge is 0.497 e. The van der Waals surface area contributed by atoms with E-state index in [4.69, 9.17) is 14.2 Å². The van der Waals surface area contributed by atoms with Crippen LogP contribution in [-0.2, 0) is 11.3 Å². The number of nitrogens with zero attached hydrogens (tertiary/aromatic N) is 1. The summed E-state index contributed by atoms with van der Waals surface area (Å²) < 4.78 is 16.4. The number of likely N-dealkylation sites (tertiary alicyclic amines) is 1. The molecule has 0 aromatic heterocycles. The van der Waals surface area contributed by atoms with E-state index < -0.39 is 6.10 Å². The fourth-order valence-electron chi connectivity index (χ4n) is 4.32. The summed E-state index contributed by atoms with van der Waals surface area (Å²) in [6, 6.07) is 5.56. The Balaban J connectivity index is 1.93. The summed E-state index contributed by atoms with van der Waals surface area (Å²) in [5.41, 5.74) is 0.516. The van der Waals surface area contributed by atoms with Gasteiger partial charge in [0.25, 0.3) is 0 Å². The van der Waals surface area contributed by atoms with Crippen LogP contribution in [0.4, 0.5) is 0 Å². The number of hydrogen-bond acceptors (Lipinski definition) is 6. The number of aliphatic hydroxyl groups is 2. The van der Waals surface area contributed by atoms with E-state index in [1.54, 1.807) is 14.2 Å². The lowest BCUT2D eigenvalue weighted by molar-refractivity contribution is -0.105. The molecule has 0 radical (unpaired) electrons. The minimum atomic E-state index is -0.615. The number of rotatable bonds is 8. The van der Waals surface area contributed by atoms with Gasteiger partial charge in [0.05, 0.1) is 39.6 Å². The van der Waals surface area contributed by atoms with Gasteiger partial charge in [-0.15, -0.1) is 0 Å². The highest BCUT2D eigenvalue weighted by atomic mass is 16.5. The van der Waals surface area contributed by atoms with E-state index in [-0.39, 0.29) is 23.8 Å². The second-order valence-corrected chi connectivity index (χ2v) is 8.64. The number of methoxy groups -OCH3 is 2. The average molecular weight is 382 g/mol. The van der Waals surface area contributed by atoms with Crippen LogP contribution in [0.25, 0.3) is 0 Å². The van der Waals surface area contributed by atoms with E-state index in [1.807, 2.05) is 18.2 Å². The molecule has 2 rings (SSSR count). The van der Waals surface area contributed by atoms with Gasteiger partial charge in [-0.25, -0.2) is 0 Å². The number of benzene rings is 1. The van der Waals surface area contributed by atoms with Gasteiger partial charge in [0.1, 0.15) is 11.5 Å². The van der Waals surface area contributed by atoms with E-state index in [9.17, 15) is 10.2 Å². The van der Waals surface area contributed by atoms with Crippen LogP contribution >= 0.6 is 0 Å². The molecular formula is C21H35NO5. The van der Waals surface area contributed by atoms with E-state index in [1.165, 1.54) is 0 Å². The van der Waals surface area contributed by atoms with Crippen LogP contribution in [0.15, 0.2) is 18.2 Å². The molecule has 6 nitrogen and oxygen atoms in total.